The highest BCUT2D eigenvalue weighted by Gasteiger charge is 2.42. The number of aromatic nitrogens is 2. The van der Waals surface area contributed by atoms with Crippen LogP contribution in [0.2, 0.25) is 0 Å². The van der Waals surface area contributed by atoms with Gasteiger partial charge in [0, 0.05) is 46.2 Å². The molecule has 2 fully saturated rings. The minimum Gasteiger partial charge on any atom is -0.342 e. The van der Waals surface area contributed by atoms with Crippen LogP contribution in [-0.2, 0) is 4.79 Å². The smallest absolute Gasteiger partial charge is 0.256 e. The maximum absolute atomic E-state index is 12.8. The third-order valence-corrected chi connectivity index (χ3v) is 8.42. The summed E-state index contributed by atoms with van der Waals surface area (Å²) in [5.74, 6) is 0.315. The van der Waals surface area contributed by atoms with Crippen molar-refractivity contribution >= 4 is 40.0 Å². The highest BCUT2D eigenvalue weighted by Crippen LogP contribution is 2.43. The van der Waals surface area contributed by atoms with Crippen molar-refractivity contribution in [3.05, 3.63) is 48.3 Å². The minimum absolute atomic E-state index is 0.0308. The summed E-state index contributed by atoms with van der Waals surface area (Å²) in [6.07, 6.45) is 9.18. The van der Waals surface area contributed by atoms with Crippen LogP contribution in [0.3, 0.4) is 0 Å². The van der Waals surface area contributed by atoms with Crippen molar-refractivity contribution in [2.24, 2.45) is 5.41 Å². The van der Waals surface area contributed by atoms with Crippen molar-refractivity contribution in [3.63, 3.8) is 0 Å². The van der Waals surface area contributed by atoms with E-state index in [1.165, 1.54) is 6.42 Å². The molecule has 3 aliphatic rings. The van der Waals surface area contributed by atoms with E-state index in [2.05, 4.69) is 45.3 Å². The van der Waals surface area contributed by atoms with Crippen LogP contribution < -0.4 is 5.32 Å². The summed E-state index contributed by atoms with van der Waals surface area (Å²) in [6.45, 7) is 3.75. The zero-order valence-corrected chi connectivity index (χ0v) is 19.0. The lowest BCUT2D eigenvalue weighted by atomic mass is 9.69. The van der Waals surface area contributed by atoms with Gasteiger partial charge in [-0.25, -0.2) is 0 Å². The number of nitrogens with zero attached hydrogens (tertiary/aromatic N) is 3. The molecule has 2 aliphatic heterocycles. The molecule has 6 rings (SSSR count). The van der Waals surface area contributed by atoms with Gasteiger partial charge in [0.2, 0.25) is 5.91 Å². The fourth-order valence-corrected chi connectivity index (χ4v) is 6.22. The van der Waals surface area contributed by atoms with Crippen molar-refractivity contribution in [2.45, 2.75) is 54.9 Å². The number of nitrogens with one attached hydrogen (secondary N) is 1. The van der Waals surface area contributed by atoms with Crippen LogP contribution >= 0.6 is 11.8 Å². The Morgan fingerprint density at radius 1 is 1.19 bits per heavy atom. The van der Waals surface area contributed by atoms with Gasteiger partial charge in [-0.05, 0) is 49.3 Å². The molecule has 0 unspecified atom stereocenters. The van der Waals surface area contributed by atoms with Crippen molar-refractivity contribution in [3.8, 4) is 0 Å². The van der Waals surface area contributed by atoms with Gasteiger partial charge < -0.3 is 10.2 Å². The Bertz CT molecular complexity index is 1240. The molecule has 1 saturated carbocycles. The molecule has 1 saturated heterocycles. The number of piperidine rings is 1. The fraction of sp³-hybridized carbons (Fsp3) is 0.400. The predicted octanol–water partition coefficient (Wildman–Crippen LogP) is 5.11. The van der Waals surface area contributed by atoms with E-state index in [1.54, 1.807) is 11.8 Å². The first-order valence-corrected chi connectivity index (χ1v) is 12.2. The molecular weight excluding hydrogens is 420 g/mol. The molecule has 7 heteroatoms. The van der Waals surface area contributed by atoms with Gasteiger partial charge in [0.25, 0.3) is 5.91 Å². The number of likely N-dealkylation sites (tertiary alicyclic amines) is 1. The van der Waals surface area contributed by atoms with Gasteiger partial charge in [0.05, 0.1) is 17.1 Å². The number of anilines is 1. The third-order valence-electron chi connectivity index (χ3n) is 7.40. The Morgan fingerprint density at radius 3 is 2.75 bits per heavy atom. The molecule has 2 aromatic carbocycles. The van der Waals surface area contributed by atoms with E-state index < -0.39 is 0 Å². The lowest BCUT2D eigenvalue weighted by Gasteiger charge is -2.43. The number of hydrogen-bond acceptors (Lipinski definition) is 4. The third kappa shape index (κ3) is 3.13. The average Bonchev–Trinajstić information content (AvgIpc) is 3.39. The zero-order valence-electron chi connectivity index (χ0n) is 18.1. The summed E-state index contributed by atoms with van der Waals surface area (Å²) in [5, 5.41) is 9.69. The highest BCUT2D eigenvalue weighted by molar-refractivity contribution is 7.99. The molecule has 0 spiro atoms. The van der Waals surface area contributed by atoms with Gasteiger partial charge in [0.1, 0.15) is 0 Å². The van der Waals surface area contributed by atoms with Crippen LogP contribution in [0.4, 0.5) is 5.69 Å². The maximum Gasteiger partial charge on any atom is 0.256 e. The van der Waals surface area contributed by atoms with E-state index in [-0.39, 0.29) is 11.3 Å². The Morgan fingerprint density at radius 2 is 2.00 bits per heavy atom. The molecule has 32 heavy (non-hydrogen) atoms. The van der Waals surface area contributed by atoms with Gasteiger partial charge in [-0.1, -0.05) is 37.2 Å². The monoisotopic (exact) mass is 446 g/mol. The Kier molecular flexibility index (Phi) is 4.57. The van der Waals surface area contributed by atoms with Crippen molar-refractivity contribution in [2.75, 3.05) is 18.4 Å². The second kappa shape index (κ2) is 7.37. The second-order valence-electron chi connectivity index (χ2n) is 9.49. The van der Waals surface area contributed by atoms with Crippen LogP contribution in [0, 0.1) is 5.41 Å². The summed E-state index contributed by atoms with van der Waals surface area (Å²) >= 11 is 1.68. The summed E-state index contributed by atoms with van der Waals surface area (Å²) in [5.41, 5.74) is 1.52. The molecule has 1 N–H and O–H groups in total. The molecule has 6 nitrogen and oxygen atoms in total. The van der Waals surface area contributed by atoms with Crippen molar-refractivity contribution in [1.29, 1.82) is 0 Å². The number of carbonyl (C=O) groups is 2. The van der Waals surface area contributed by atoms with E-state index in [4.69, 9.17) is 0 Å². The summed E-state index contributed by atoms with van der Waals surface area (Å²) in [6, 6.07) is 10.3. The van der Waals surface area contributed by atoms with Crippen molar-refractivity contribution < 1.29 is 9.59 Å². The molecule has 3 heterocycles. The molecule has 0 bridgehead atoms. The van der Waals surface area contributed by atoms with Crippen LogP contribution in [0.5, 0.6) is 0 Å². The first-order chi connectivity index (χ1) is 15.5. The summed E-state index contributed by atoms with van der Waals surface area (Å²) < 4.78 is 2.07. The lowest BCUT2D eigenvalue weighted by molar-refractivity contribution is -0.147. The Labute approximate surface area is 191 Å². The Balaban J connectivity index is 1.16. The number of amides is 2. The molecule has 0 atom stereocenters. The normalized spacial score (nSPS) is 19.8. The number of benzene rings is 2. The van der Waals surface area contributed by atoms with E-state index in [1.807, 2.05) is 24.4 Å². The van der Waals surface area contributed by atoms with Gasteiger partial charge in [-0.2, -0.15) is 5.10 Å². The number of rotatable bonds is 4. The molecular formula is C25H26N4O2S. The van der Waals surface area contributed by atoms with Crippen LogP contribution in [0.15, 0.2) is 52.5 Å². The lowest BCUT2D eigenvalue weighted by Crippen LogP contribution is -2.49. The highest BCUT2D eigenvalue weighted by atomic mass is 32.2. The molecule has 0 radical (unpaired) electrons. The van der Waals surface area contributed by atoms with Crippen molar-refractivity contribution in [1.82, 2.24) is 14.7 Å². The number of hydrogen-bond donors (Lipinski definition) is 1. The first-order valence-electron chi connectivity index (χ1n) is 11.4. The van der Waals surface area contributed by atoms with Crippen LogP contribution in [-0.4, -0.2) is 39.6 Å². The number of carbonyl (C=O) groups excluding carboxylic acids is 2. The van der Waals surface area contributed by atoms with E-state index in [0.717, 1.165) is 70.6 Å². The van der Waals surface area contributed by atoms with E-state index in [0.29, 0.717) is 11.9 Å². The molecule has 1 aromatic heterocycles. The summed E-state index contributed by atoms with van der Waals surface area (Å²) in [7, 11) is 0. The largest absolute Gasteiger partial charge is 0.342 e. The second-order valence-corrected chi connectivity index (χ2v) is 10.6. The van der Waals surface area contributed by atoms with E-state index >= 15 is 0 Å². The van der Waals surface area contributed by atoms with E-state index in [9.17, 15) is 9.59 Å². The predicted molar refractivity (Wildman–Crippen MR) is 125 cm³/mol. The van der Waals surface area contributed by atoms with Gasteiger partial charge in [0.15, 0.2) is 0 Å². The SMILES string of the molecule is CC1(C(=O)N2CCC(n3cc(Sc4ccc5c6c(cccc46)C(=O)N5)cn3)CC2)CCC1. The van der Waals surface area contributed by atoms with Gasteiger partial charge in [-0.3, -0.25) is 14.3 Å². The van der Waals surface area contributed by atoms with Crippen LogP contribution in [0.25, 0.3) is 10.8 Å². The van der Waals surface area contributed by atoms with Crippen LogP contribution in [0.1, 0.15) is 55.4 Å². The topological polar surface area (TPSA) is 67.2 Å². The fourth-order valence-electron chi connectivity index (χ4n) is 5.29. The minimum atomic E-state index is -0.109. The molecule has 3 aromatic rings. The maximum atomic E-state index is 12.8. The first kappa shape index (κ1) is 19.9. The molecule has 2 amide bonds. The molecule has 164 valence electrons. The average molecular weight is 447 g/mol. The quantitative estimate of drug-likeness (QED) is 0.605. The zero-order chi connectivity index (χ0) is 21.9. The summed E-state index contributed by atoms with van der Waals surface area (Å²) in [4.78, 5) is 29.3. The molecule has 1 aliphatic carbocycles. The Hall–Kier alpha value is -2.80. The van der Waals surface area contributed by atoms with Gasteiger partial charge in [-0.15, -0.1) is 0 Å². The standard InChI is InChI=1S/C25H26N4O2S/c1-25(10-3-11-25)24(31)28-12-8-16(9-13-28)29-15-17(14-26-29)32-21-7-6-20-22-18(21)4-2-5-19(22)23(30)27-20/h2,4-7,14-16H,3,8-13H2,1H3,(H,27,30). The van der Waals surface area contributed by atoms with Gasteiger partial charge >= 0.3 is 0 Å².